The van der Waals surface area contributed by atoms with Crippen molar-refractivity contribution in [2.24, 2.45) is 11.7 Å². The Kier molecular flexibility index (Phi) is 3.38. The number of hydrogen-bond acceptors (Lipinski definition) is 4. The standard InChI is InChI=1S/C8H13NO4S/c1-5(7(11)12)8(4-6(9)10)13-2-3-14-8/h5H,2-4H2,1H3,(H2,9,10)(H,11,12). The molecule has 0 spiro atoms. The SMILES string of the molecule is CC(C(=O)O)C1(CC(N)=O)OCCS1. The summed E-state index contributed by atoms with van der Waals surface area (Å²) in [4.78, 5) is 20.7. The van der Waals surface area contributed by atoms with Crippen molar-refractivity contribution in [2.45, 2.75) is 18.3 Å². The fourth-order valence-corrected chi connectivity index (χ4v) is 2.68. The molecule has 0 saturated carbocycles. The molecule has 1 aliphatic heterocycles. The normalized spacial score (nSPS) is 28.6. The van der Waals surface area contributed by atoms with Crippen LogP contribution in [0.1, 0.15) is 13.3 Å². The van der Waals surface area contributed by atoms with Crippen molar-refractivity contribution in [2.75, 3.05) is 12.4 Å². The highest BCUT2D eigenvalue weighted by Gasteiger charge is 2.46. The van der Waals surface area contributed by atoms with Crippen LogP contribution in [0.3, 0.4) is 0 Å². The minimum absolute atomic E-state index is 0.0505. The molecule has 1 fully saturated rings. The average molecular weight is 219 g/mol. The van der Waals surface area contributed by atoms with Gasteiger partial charge in [0.05, 0.1) is 18.9 Å². The summed E-state index contributed by atoms with van der Waals surface area (Å²) in [5.74, 6) is -1.54. The Hall–Kier alpha value is -0.750. The molecule has 0 aromatic heterocycles. The third-order valence-electron chi connectivity index (χ3n) is 2.23. The van der Waals surface area contributed by atoms with Gasteiger partial charge in [-0.3, -0.25) is 9.59 Å². The lowest BCUT2D eigenvalue weighted by molar-refractivity contribution is -0.148. The van der Waals surface area contributed by atoms with Gasteiger partial charge in [-0.05, 0) is 6.92 Å². The molecule has 6 heteroatoms. The van der Waals surface area contributed by atoms with Gasteiger partial charge in [0.15, 0.2) is 0 Å². The Bertz CT molecular complexity index is 250. The lowest BCUT2D eigenvalue weighted by atomic mass is 10.0. The fourth-order valence-electron chi connectivity index (χ4n) is 1.41. The molecule has 0 aliphatic carbocycles. The third kappa shape index (κ3) is 2.19. The van der Waals surface area contributed by atoms with Crippen molar-refractivity contribution in [1.82, 2.24) is 0 Å². The number of carbonyl (C=O) groups excluding carboxylic acids is 1. The van der Waals surface area contributed by atoms with Crippen LogP contribution in [0.2, 0.25) is 0 Å². The second-order valence-electron chi connectivity index (χ2n) is 3.21. The molecule has 1 amide bonds. The van der Waals surface area contributed by atoms with Gasteiger partial charge in [-0.2, -0.15) is 0 Å². The minimum Gasteiger partial charge on any atom is -0.481 e. The van der Waals surface area contributed by atoms with E-state index < -0.39 is 22.7 Å². The predicted octanol–water partition coefficient (Wildman–Crippen LogP) is 0.0422. The van der Waals surface area contributed by atoms with Gasteiger partial charge in [0.1, 0.15) is 4.93 Å². The summed E-state index contributed by atoms with van der Waals surface area (Å²) < 4.78 is 5.36. The van der Waals surface area contributed by atoms with Crippen molar-refractivity contribution in [3.63, 3.8) is 0 Å². The van der Waals surface area contributed by atoms with Crippen LogP contribution in [0.25, 0.3) is 0 Å². The van der Waals surface area contributed by atoms with Gasteiger partial charge < -0.3 is 15.6 Å². The van der Waals surface area contributed by atoms with Crippen LogP contribution in [-0.2, 0) is 14.3 Å². The van der Waals surface area contributed by atoms with Gasteiger partial charge >= 0.3 is 5.97 Å². The molecule has 5 nitrogen and oxygen atoms in total. The maximum atomic E-state index is 10.8. The largest absolute Gasteiger partial charge is 0.481 e. The first-order valence-electron chi connectivity index (χ1n) is 4.27. The fraction of sp³-hybridized carbons (Fsp3) is 0.750. The number of carboxylic acid groups (broad SMARTS) is 1. The molecule has 2 atom stereocenters. The summed E-state index contributed by atoms with van der Waals surface area (Å²) in [6.45, 7) is 2.00. The Labute approximate surface area is 86.0 Å². The molecule has 14 heavy (non-hydrogen) atoms. The lowest BCUT2D eigenvalue weighted by Gasteiger charge is -2.29. The molecule has 1 aliphatic rings. The number of nitrogens with two attached hydrogens (primary N) is 1. The smallest absolute Gasteiger partial charge is 0.310 e. The first-order chi connectivity index (χ1) is 6.48. The van der Waals surface area contributed by atoms with Crippen LogP contribution in [0, 0.1) is 5.92 Å². The lowest BCUT2D eigenvalue weighted by Crippen LogP contribution is -2.41. The highest BCUT2D eigenvalue weighted by Crippen LogP contribution is 2.42. The van der Waals surface area contributed by atoms with E-state index >= 15 is 0 Å². The van der Waals surface area contributed by atoms with E-state index in [0.717, 1.165) is 0 Å². The van der Waals surface area contributed by atoms with Crippen LogP contribution in [0.5, 0.6) is 0 Å². The number of carboxylic acids is 1. The highest BCUT2D eigenvalue weighted by atomic mass is 32.2. The topological polar surface area (TPSA) is 89.6 Å². The monoisotopic (exact) mass is 219 g/mol. The van der Waals surface area contributed by atoms with E-state index in [2.05, 4.69) is 0 Å². The molecule has 0 bridgehead atoms. The van der Waals surface area contributed by atoms with Gasteiger partial charge in [0.2, 0.25) is 5.91 Å². The Morgan fingerprint density at radius 2 is 2.36 bits per heavy atom. The quantitative estimate of drug-likeness (QED) is 0.697. The summed E-state index contributed by atoms with van der Waals surface area (Å²) in [6, 6.07) is 0. The Balaban J connectivity index is 2.80. The van der Waals surface area contributed by atoms with Crippen LogP contribution in [0.4, 0.5) is 0 Å². The van der Waals surface area contributed by atoms with Gasteiger partial charge in [-0.1, -0.05) is 0 Å². The summed E-state index contributed by atoms with van der Waals surface area (Å²) in [7, 11) is 0. The van der Waals surface area contributed by atoms with Gasteiger partial charge in [0.25, 0.3) is 0 Å². The Morgan fingerprint density at radius 3 is 2.71 bits per heavy atom. The van der Waals surface area contributed by atoms with E-state index in [-0.39, 0.29) is 6.42 Å². The van der Waals surface area contributed by atoms with E-state index in [0.29, 0.717) is 12.4 Å². The highest BCUT2D eigenvalue weighted by molar-refractivity contribution is 8.00. The molecular formula is C8H13NO4S. The van der Waals surface area contributed by atoms with E-state index in [1.807, 2.05) is 0 Å². The van der Waals surface area contributed by atoms with Crippen molar-refractivity contribution < 1.29 is 19.4 Å². The Morgan fingerprint density at radius 1 is 1.71 bits per heavy atom. The molecular weight excluding hydrogens is 206 g/mol. The maximum Gasteiger partial charge on any atom is 0.310 e. The van der Waals surface area contributed by atoms with Crippen LogP contribution in [-0.4, -0.2) is 34.3 Å². The number of rotatable bonds is 4. The average Bonchev–Trinajstić information content (AvgIpc) is 2.51. The predicted molar refractivity (Wildman–Crippen MR) is 51.8 cm³/mol. The van der Waals surface area contributed by atoms with E-state index in [9.17, 15) is 9.59 Å². The molecule has 0 aromatic rings. The third-order valence-corrected chi connectivity index (χ3v) is 3.70. The first kappa shape index (κ1) is 11.3. The van der Waals surface area contributed by atoms with Gasteiger partial charge in [-0.15, -0.1) is 11.8 Å². The van der Waals surface area contributed by atoms with Gasteiger partial charge in [0, 0.05) is 5.75 Å². The van der Waals surface area contributed by atoms with E-state index in [4.69, 9.17) is 15.6 Å². The number of aliphatic carboxylic acids is 1. The second-order valence-corrected chi connectivity index (χ2v) is 4.60. The van der Waals surface area contributed by atoms with Crippen molar-refractivity contribution in [1.29, 1.82) is 0 Å². The molecule has 1 saturated heterocycles. The number of ether oxygens (including phenoxy) is 1. The molecule has 80 valence electrons. The molecule has 3 N–H and O–H groups in total. The number of carbonyl (C=O) groups is 2. The van der Waals surface area contributed by atoms with Gasteiger partial charge in [-0.25, -0.2) is 0 Å². The van der Waals surface area contributed by atoms with E-state index in [1.54, 1.807) is 0 Å². The van der Waals surface area contributed by atoms with Crippen LogP contribution in [0.15, 0.2) is 0 Å². The minimum atomic E-state index is -0.972. The molecule has 1 heterocycles. The number of primary amides is 1. The number of thioether (sulfide) groups is 1. The maximum absolute atomic E-state index is 10.8. The number of hydrogen-bond donors (Lipinski definition) is 2. The first-order valence-corrected chi connectivity index (χ1v) is 5.25. The van der Waals surface area contributed by atoms with Crippen LogP contribution >= 0.6 is 11.8 Å². The zero-order chi connectivity index (χ0) is 10.8. The second kappa shape index (κ2) is 4.18. The van der Waals surface area contributed by atoms with Crippen molar-refractivity contribution in [3.8, 4) is 0 Å². The summed E-state index contributed by atoms with van der Waals surface area (Å²) >= 11 is 1.35. The van der Waals surface area contributed by atoms with Crippen molar-refractivity contribution >= 4 is 23.6 Å². The number of amides is 1. The van der Waals surface area contributed by atoms with Crippen LogP contribution < -0.4 is 5.73 Å². The summed E-state index contributed by atoms with van der Waals surface area (Å²) in [5, 5.41) is 8.88. The van der Waals surface area contributed by atoms with E-state index in [1.165, 1.54) is 18.7 Å². The zero-order valence-corrected chi connectivity index (χ0v) is 8.67. The molecule has 2 unspecified atom stereocenters. The molecule has 0 aromatic carbocycles. The molecule has 0 radical (unpaired) electrons. The zero-order valence-electron chi connectivity index (χ0n) is 7.86. The van der Waals surface area contributed by atoms with Crippen molar-refractivity contribution in [3.05, 3.63) is 0 Å². The summed E-state index contributed by atoms with van der Waals surface area (Å²) in [6.07, 6.45) is -0.0505. The molecule has 1 rings (SSSR count). The summed E-state index contributed by atoms with van der Waals surface area (Å²) in [5.41, 5.74) is 5.07.